The lowest BCUT2D eigenvalue weighted by Crippen LogP contribution is -2.54. The summed E-state index contributed by atoms with van der Waals surface area (Å²) in [5, 5.41) is 19.2. The van der Waals surface area contributed by atoms with Crippen LogP contribution in [-0.2, 0) is 16.9 Å². The zero-order chi connectivity index (χ0) is 24.7. The lowest BCUT2D eigenvalue weighted by Gasteiger charge is -2.25. The standard InChI is InChI=1S/C26H24ClN3O5/c1-15-23(24(30(32)33)26(29-15)18-8-4-6-10-20(18)28-25(26)31)16-11-12-21(22(13-16)34-2)35-14-17-7-3-5-9-19(17)27/h3-13,15,23-24,29H,14H2,1-2H3,(H,28,31)/t15-,23-,24+,26+/m0/s1. The van der Waals surface area contributed by atoms with Gasteiger partial charge < -0.3 is 14.8 Å². The quantitative estimate of drug-likeness (QED) is 0.387. The highest BCUT2D eigenvalue weighted by atomic mass is 35.5. The molecule has 0 radical (unpaired) electrons. The molecule has 3 aromatic carbocycles. The highest BCUT2D eigenvalue weighted by molar-refractivity contribution is 6.31. The van der Waals surface area contributed by atoms with Crippen molar-refractivity contribution in [2.24, 2.45) is 0 Å². The van der Waals surface area contributed by atoms with E-state index in [-0.39, 0.29) is 17.6 Å². The van der Waals surface area contributed by atoms with Crippen molar-refractivity contribution in [3.05, 3.63) is 98.6 Å². The zero-order valence-corrected chi connectivity index (χ0v) is 19.9. The molecule has 1 saturated heterocycles. The van der Waals surface area contributed by atoms with E-state index in [0.717, 1.165) is 5.56 Å². The number of nitrogens with zero attached hydrogens (tertiary/aromatic N) is 1. The third-order valence-electron chi connectivity index (χ3n) is 6.88. The van der Waals surface area contributed by atoms with Crippen LogP contribution in [0.2, 0.25) is 5.02 Å². The number of carbonyl (C=O) groups is 1. The molecule has 9 heteroatoms. The van der Waals surface area contributed by atoms with Gasteiger partial charge in [-0.2, -0.15) is 0 Å². The molecule has 0 bridgehead atoms. The lowest BCUT2D eigenvalue weighted by atomic mass is 9.78. The van der Waals surface area contributed by atoms with E-state index in [4.69, 9.17) is 21.1 Å². The predicted octanol–water partition coefficient (Wildman–Crippen LogP) is 4.50. The van der Waals surface area contributed by atoms with Gasteiger partial charge in [-0.15, -0.1) is 0 Å². The number of rotatable bonds is 6. The number of para-hydroxylation sites is 1. The van der Waals surface area contributed by atoms with Gasteiger partial charge in [0.25, 0.3) is 11.9 Å². The Labute approximate surface area is 207 Å². The molecule has 4 atom stereocenters. The van der Waals surface area contributed by atoms with Crippen LogP contribution in [0.4, 0.5) is 5.69 Å². The molecular formula is C26H24ClN3O5. The fourth-order valence-electron chi connectivity index (χ4n) is 5.34. The molecule has 1 amide bonds. The maximum Gasteiger partial charge on any atom is 0.256 e. The first kappa shape index (κ1) is 23.1. The van der Waals surface area contributed by atoms with Gasteiger partial charge in [0, 0.05) is 32.8 Å². The molecular weight excluding hydrogens is 470 g/mol. The van der Waals surface area contributed by atoms with Crippen molar-refractivity contribution < 1.29 is 19.2 Å². The number of nitrogens with one attached hydrogen (secondary N) is 2. The number of carbonyl (C=O) groups excluding carboxylic acids is 1. The van der Waals surface area contributed by atoms with Gasteiger partial charge in [-0.05, 0) is 36.8 Å². The Morgan fingerprint density at radius 3 is 2.57 bits per heavy atom. The third kappa shape index (κ3) is 3.69. The van der Waals surface area contributed by atoms with Crippen molar-refractivity contribution in [2.45, 2.75) is 37.1 Å². The summed E-state index contributed by atoms with van der Waals surface area (Å²) in [5.41, 5.74) is 1.23. The summed E-state index contributed by atoms with van der Waals surface area (Å²) in [5.74, 6) is -0.0676. The summed E-state index contributed by atoms with van der Waals surface area (Å²) in [6, 6.07) is 18.2. The van der Waals surface area contributed by atoms with Crippen molar-refractivity contribution in [3.8, 4) is 11.5 Å². The third-order valence-corrected chi connectivity index (χ3v) is 7.25. The number of benzene rings is 3. The van der Waals surface area contributed by atoms with E-state index in [2.05, 4.69) is 10.6 Å². The van der Waals surface area contributed by atoms with Crippen LogP contribution in [0, 0.1) is 10.1 Å². The number of ether oxygens (including phenoxy) is 2. The smallest absolute Gasteiger partial charge is 0.256 e. The monoisotopic (exact) mass is 493 g/mol. The number of anilines is 1. The minimum Gasteiger partial charge on any atom is -0.493 e. The van der Waals surface area contributed by atoms with Crippen LogP contribution in [0.15, 0.2) is 66.7 Å². The normalized spacial score (nSPS) is 24.8. The van der Waals surface area contributed by atoms with Gasteiger partial charge in [-0.1, -0.05) is 54.1 Å². The summed E-state index contributed by atoms with van der Waals surface area (Å²) in [7, 11) is 1.52. The second-order valence-corrected chi connectivity index (χ2v) is 9.19. The van der Waals surface area contributed by atoms with Crippen molar-refractivity contribution in [2.75, 3.05) is 12.4 Å². The van der Waals surface area contributed by atoms with E-state index >= 15 is 0 Å². The highest BCUT2D eigenvalue weighted by Gasteiger charge is 2.67. The van der Waals surface area contributed by atoms with Crippen molar-refractivity contribution in [1.82, 2.24) is 5.32 Å². The van der Waals surface area contributed by atoms with Gasteiger partial charge in [0.05, 0.1) is 13.0 Å². The molecule has 5 rings (SSSR count). The van der Waals surface area contributed by atoms with Gasteiger partial charge in [-0.3, -0.25) is 20.2 Å². The Balaban J connectivity index is 1.50. The molecule has 8 nitrogen and oxygen atoms in total. The highest BCUT2D eigenvalue weighted by Crippen LogP contribution is 2.50. The van der Waals surface area contributed by atoms with Crippen molar-refractivity contribution >= 4 is 23.2 Å². The summed E-state index contributed by atoms with van der Waals surface area (Å²) < 4.78 is 11.5. The largest absolute Gasteiger partial charge is 0.493 e. The van der Waals surface area contributed by atoms with E-state index < -0.39 is 23.4 Å². The summed E-state index contributed by atoms with van der Waals surface area (Å²) >= 11 is 6.23. The maximum atomic E-state index is 13.2. The van der Waals surface area contributed by atoms with E-state index in [1.165, 1.54) is 7.11 Å². The van der Waals surface area contributed by atoms with Crippen LogP contribution in [0.1, 0.15) is 29.5 Å². The molecule has 0 aromatic heterocycles. The second-order valence-electron chi connectivity index (χ2n) is 8.79. The Bertz CT molecular complexity index is 1320. The fraction of sp³-hybridized carbons (Fsp3) is 0.269. The molecule has 2 aliphatic rings. The summed E-state index contributed by atoms with van der Waals surface area (Å²) in [6.45, 7) is 2.10. The van der Waals surface area contributed by atoms with E-state index in [1.807, 2.05) is 25.1 Å². The van der Waals surface area contributed by atoms with Gasteiger partial charge >= 0.3 is 0 Å². The molecule has 0 saturated carbocycles. The first-order valence-corrected chi connectivity index (χ1v) is 11.6. The maximum absolute atomic E-state index is 13.2. The number of fused-ring (bicyclic) bond motifs is 2. The lowest BCUT2D eigenvalue weighted by molar-refractivity contribution is -0.532. The van der Waals surface area contributed by atoms with Crippen LogP contribution in [0.25, 0.3) is 0 Å². The Hall–Kier alpha value is -3.62. The molecule has 180 valence electrons. The summed E-state index contributed by atoms with van der Waals surface area (Å²) in [6.07, 6.45) is 0. The van der Waals surface area contributed by atoms with Crippen LogP contribution >= 0.6 is 11.6 Å². The average Bonchev–Trinajstić information content (AvgIpc) is 3.32. The Morgan fingerprint density at radius 2 is 1.83 bits per heavy atom. The number of hydrogen-bond acceptors (Lipinski definition) is 6. The molecule has 3 aromatic rings. The minimum absolute atomic E-state index is 0.244. The van der Waals surface area contributed by atoms with Crippen molar-refractivity contribution in [1.29, 1.82) is 0 Å². The predicted molar refractivity (Wildman–Crippen MR) is 132 cm³/mol. The molecule has 2 N–H and O–H groups in total. The molecule has 2 heterocycles. The molecule has 1 spiro atoms. The molecule has 0 unspecified atom stereocenters. The number of halogens is 1. The van der Waals surface area contributed by atoms with Gasteiger partial charge in [0.15, 0.2) is 17.0 Å². The molecule has 1 fully saturated rings. The minimum atomic E-state index is -1.46. The number of amides is 1. The summed E-state index contributed by atoms with van der Waals surface area (Å²) in [4.78, 5) is 25.3. The number of methoxy groups -OCH3 is 1. The van der Waals surface area contributed by atoms with E-state index in [0.29, 0.717) is 33.3 Å². The van der Waals surface area contributed by atoms with Gasteiger partial charge in [0.2, 0.25) is 0 Å². The van der Waals surface area contributed by atoms with Gasteiger partial charge in [-0.25, -0.2) is 0 Å². The Morgan fingerprint density at radius 1 is 1.09 bits per heavy atom. The topological polar surface area (TPSA) is 103 Å². The molecule has 35 heavy (non-hydrogen) atoms. The van der Waals surface area contributed by atoms with E-state index in [1.54, 1.807) is 48.5 Å². The molecule has 2 aliphatic heterocycles. The van der Waals surface area contributed by atoms with Crippen LogP contribution in [0.3, 0.4) is 0 Å². The fourth-order valence-corrected chi connectivity index (χ4v) is 5.53. The zero-order valence-electron chi connectivity index (χ0n) is 19.2. The first-order chi connectivity index (χ1) is 16.9. The first-order valence-electron chi connectivity index (χ1n) is 11.2. The van der Waals surface area contributed by atoms with Crippen molar-refractivity contribution in [3.63, 3.8) is 0 Å². The Kier molecular flexibility index (Phi) is 5.86. The van der Waals surface area contributed by atoms with E-state index in [9.17, 15) is 14.9 Å². The second kappa shape index (κ2) is 8.87. The molecule has 0 aliphatic carbocycles. The number of nitro groups is 1. The number of hydrogen-bond donors (Lipinski definition) is 2. The van der Waals surface area contributed by atoms with Crippen LogP contribution < -0.4 is 20.1 Å². The average molecular weight is 494 g/mol. The van der Waals surface area contributed by atoms with Crippen LogP contribution in [-0.4, -0.2) is 30.0 Å². The van der Waals surface area contributed by atoms with Crippen LogP contribution in [0.5, 0.6) is 11.5 Å². The SMILES string of the molecule is COc1cc([C@@H]2[C@H](C)N[C@@]3(C(=O)Nc4ccccc43)[C@@H]2[N+](=O)[O-])ccc1OCc1ccccc1Cl. The van der Waals surface area contributed by atoms with Gasteiger partial charge in [0.1, 0.15) is 6.61 Å².